The summed E-state index contributed by atoms with van der Waals surface area (Å²) < 4.78 is 5.49. The first-order valence-electron chi connectivity index (χ1n) is 6.51. The second-order valence-corrected chi connectivity index (χ2v) is 4.41. The van der Waals surface area contributed by atoms with Crippen LogP contribution in [-0.2, 0) is 4.79 Å². The Kier molecular flexibility index (Phi) is 5.55. The number of rotatable bonds is 6. The van der Waals surface area contributed by atoms with Crippen LogP contribution >= 0.6 is 0 Å². The second kappa shape index (κ2) is 6.92. The SMILES string of the molecule is CCN(CC)C(=O)COc1ccc(C)cc1C(C)=O. The molecule has 0 spiro atoms. The molecule has 0 unspecified atom stereocenters. The highest BCUT2D eigenvalue weighted by Gasteiger charge is 2.13. The molecule has 4 heteroatoms. The number of carbonyl (C=O) groups excluding carboxylic acids is 2. The van der Waals surface area contributed by atoms with E-state index in [0.29, 0.717) is 24.4 Å². The van der Waals surface area contributed by atoms with Crippen LogP contribution in [0.3, 0.4) is 0 Å². The molecule has 0 radical (unpaired) electrons. The fraction of sp³-hybridized carbons (Fsp3) is 0.467. The molecular weight excluding hydrogens is 242 g/mol. The van der Waals surface area contributed by atoms with E-state index in [9.17, 15) is 9.59 Å². The van der Waals surface area contributed by atoms with Crippen molar-refractivity contribution in [2.24, 2.45) is 0 Å². The van der Waals surface area contributed by atoms with Crippen molar-refractivity contribution in [3.05, 3.63) is 29.3 Å². The van der Waals surface area contributed by atoms with E-state index in [1.807, 2.05) is 26.8 Å². The Bertz CT molecular complexity index is 464. The Morgan fingerprint density at radius 2 is 1.84 bits per heavy atom. The number of aryl methyl sites for hydroxylation is 1. The number of likely N-dealkylation sites (N-methyl/N-ethyl adjacent to an activating group) is 1. The summed E-state index contributed by atoms with van der Waals surface area (Å²) in [6.07, 6.45) is 0. The van der Waals surface area contributed by atoms with Crippen molar-refractivity contribution < 1.29 is 14.3 Å². The van der Waals surface area contributed by atoms with Gasteiger partial charge in [0.25, 0.3) is 5.91 Å². The highest BCUT2D eigenvalue weighted by atomic mass is 16.5. The Morgan fingerprint density at radius 1 is 1.21 bits per heavy atom. The molecule has 0 aliphatic rings. The van der Waals surface area contributed by atoms with E-state index in [4.69, 9.17) is 4.74 Å². The molecule has 0 aromatic heterocycles. The number of Topliss-reactive ketones (excluding diaryl/α,β-unsaturated/α-hetero) is 1. The smallest absolute Gasteiger partial charge is 0.260 e. The molecule has 104 valence electrons. The molecule has 0 aliphatic carbocycles. The van der Waals surface area contributed by atoms with Crippen molar-refractivity contribution in [1.29, 1.82) is 0 Å². The van der Waals surface area contributed by atoms with Gasteiger partial charge in [0.1, 0.15) is 5.75 Å². The molecule has 1 aromatic carbocycles. The van der Waals surface area contributed by atoms with E-state index in [1.165, 1.54) is 6.92 Å². The number of amides is 1. The van der Waals surface area contributed by atoms with Crippen molar-refractivity contribution in [3.63, 3.8) is 0 Å². The molecule has 0 bridgehead atoms. The fourth-order valence-corrected chi connectivity index (χ4v) is 1.85. The zero-order chi connectivity index (χ0) is 14.4. The standard InChI is InChI=1S/C15H21NO3/c1-5-16(6-2)15(18)10-19-14-8-7-11(3)9-13(14)12(4)17/h7-9H,5-6,10H2,1-4H3. The average Bonchev–Trinajstić information content (AvgIpc) is 2.38. The van der Waals surface area contributed by atoms with Gasteiger partial charge in [-0.2, -0.15) is 0 Å². The lowest BCUT2D eigenvalue weighted by Gasteiger charge is -2.19. The highest BCUT2D eigenvalue weighted by molar-refractivity contribution is 5.97. The first-order valence-corrected chi connectivity index (χ1v) is 6.51. The lowest BCUT2D eigenvalue weighted by atomic mass is 10.1. The first kappa shape index (κ1) is 15.2. The zero-order valence-electron chi connectivity index (χ0n) is 12.0. The molecule has 0 saturated carbocycles. The molecule has 0 aliphatic heterocycles. The minimum atomic E-state index is -0.0694. The quantitative estimate of drug-likeness (QED) is 0.741. The van der Waals surface area contributed by atoms with Gasteiger partial charge in [0.2, 0.25) is 0 Å². The molecule has 0 heterocycles. The largest absolute Gasteiger partial charge is 0.483 e. The summed E-state index contributed by atoms with van der Waals surface area (Å²) in [5.41, 5.74) is 1.51. The maximum atomic E-state index is 11.8. The van der Waals surface area contributed by atoms with Gasteiger partial charge in [-0.25, -0.2) is 0 Å². The predicted octanol–water partition coefficient (Wildman–Crippen LogP) is 2.44. The van der Waals surface area contributed by atoms with Crippen LogP contribution in [-0.4, -0.2) is 36.3 Å². The summed E-state index contributed by atoms with van der Waals surface area (Å²) in [5.74, 6) is 0.340. The number of benzene rings is 1. The zero-order valence-corrected chi connectivity index (χ0v) is 12.0. The van der Waals surface area contributed by atoms with E-state index < -0.39 is 0 Å². The Hall–Kier alpha value is -1.84. The van der Waals surface area contributed by atoms with E-state index in [-0.39, 0.29) is 18.3 Å². The third-order valence-corrected chi connectivity index (χ3v) is 2.98. The average molecular weight is 263 g/mol. The van der Waals surface area contributed by atoms with Gasteiger partial charge in [0.15, 0.2) is 12.4 Å². The third kappa shape index (κ3) is 4.09. The summed E-state index contributed by atoms with van der Waals surface area (Å²) in [7, 11) is 0. The van der Waals surface area contributed by atoms with Crippen LogP contribution in [0.25, 0.3) is 0 Å². The maximum Gasteiger partial charge on any atom is 0.260 e. The molecule has 1 aromatic rings. The summed E-state index contributed by atoms with van der Waals surface area (Å²) in [6, 6.07) is 5.38. The minimum Gasteiger partial charge on any atom is -0.483 e. The van der Waals surface area contributed by atoms with Crippen LogP contribution in [0, 0.1) is 6.92 Å². The van der Waals surface area contributed by atoms with Gasteiger partial charge >= 0.3 is 0 Å². The van der Waals surface area contributed by atoms with Crippen molar-refractivity contribution in [2.45, 2.75) is 27.7 Å². The molecular formula is C15H21NO3. The topological polar surface area (TPSA) is 46.6 Å². The lowest BCUT2D eigenvalue weighted by Crippen LogP contribution is -2.34. The number of ketones is 1. The maximum absolute atomic E-state index is 11.8. The Morgan fingerprint density at radius 3 is 2.37 bits per heavy atom. The van der Waals surface area contributed by atoms with Crippen LogP contribution in [0.2, 0.25) is 0 Å². The third-order valence-electron chi connectivity index (χ3n) is 2.98. The van der Waals surface area contributed by atoms with Gasteiger partial charge < -0.3 is 9.64 Å². The molecule has 1 rings (SSSR count). The minimum absolute atomic E-state index is 0.0367. The predicted molar refractivity (Wildman–Crippen MR) is 74.6 cm³/mol. The van der Waals surface area contributed by atoms with Crippen LogP contribution in [0.1, 0.15) is 36.7 Å². The molecule has 4 nitrogen and oxygen atoms in total. The molecule has 0 saturated heterocycles. The fourth-order valence-electron chi connectivity index (χ4n) is 1.85. The summed E-state index contributed by atoms with van der Waals surface area (Å²) in [6.45, 7) is 8.54. The van der Waals surface area contributed by atoms with Gasteiger partial charge in [-0.1, -0.05) is 11.6 Å². The van der Waals surface area contributed by atoms with Crippen molar-refractivity contribution in [3.8, 4) is 5.75 Å². The molecule has 0 fully saturated rings. The van der Waals surface area contributed by atoms with Gasteiger partial charge in [-0.3, -0.25) is 9.59 Å². The van der Waals surface area contributed by atoms with E-state index in [0.717, 1.165) is 5.56 Å². The van der Waals surface area contributed by atoms with Crippen LogP contribution in [0.4, 0.5) is 0 Å². The van der Waals surface area contributed by atoms with E-state index in [2.05, 4.69) is 0 Å². The number of carbonyl (C=O) groups is 2. The second-order valence-electron chi connectivity index (χ2n) is 4.41. The van der Waals surface area contributed by atoms with Gasteiger partial charge in [-0.05, 0) is 39.8 Å². The Balaban J connectivity index is 2.78. The summed E-state index contributed by atoms with van der Waals surface area (Å²) in [4.78, 5) is 25.1. The van der Waals surface area contributed by atoms with Crippen LogP contribution in [0.15, 0.2) is 18.2 Å². The molecule has 19 heavy (non-hydrogen) atoms. The highest BCUT2D eigenvalue weighted by Crippen LogP contribution is 2.20. The van der Waals surface area contributed by atoms with Gasteiger partial charge in [-0.15, -0.1) is 0 Å². The van der Waals surface area contributed by atoms with Crippen molar-refractivity contribution >= 4 is 11.7 Å². The summed E-state index contributed by atoms with van der Waals surface area (Å²) in [5, 5.41) is 0. The monoisotopic (exact) mass is 263 g/mol. The van der Waals surface area contributed by atoms with Gasteiger partial charge in [0.05, 0.1) is 5.56 Å². The first-order chi connectivity index (χ1) is 8.99. The number of hydrogen-bond acceptors (Lipinski definition) is 3. The van der Waals surface area contributed by atoms with Crippen molar-refractivity contribution in [2.75, 3.05) is 19.7 Å². The number of hydrogen-bond donors (Lipinski definition) is 0. The van der Waals surface area contributed by atoms with Crippen molar-refractivity contribution in [1.82, 2.24) is 4.90 Å². The molecule has 0 atom stereocenters. The van der Waals surface area contributed by atoms with E-state index >= 15 is 0 Å². The van der Waals surface area contributed by atoms with Gasteiger partial charge in [0, 0.05) is 13.1 Å². The number of ether oxygens (including phenoxy) is 1. The molecule has 0 N–H and O–H groups in total. The Labute approximate surface area is 114 Å². The lowest BCUT2D eigenvalue weighted by molar-refractivity contribution is -0.132. The number of nitrogens with zero attached hydrogens (tertiary/aromatic N) is 1. The van der Waals surface area contributed by atoms with Crippen LogP contribution < -0.4 is 4.74 Å². The van der Waals surface area contributed by atoms with E-state index in [1.54, 1.807) is 17.0 Å². The van der Waals surface area contributed by atoms with Crippen LogP contribution in [0.5, 0.6) is 5.75 Å². The summed E-state index contributed by atoms with van der Waals surface area (Å²) >= 11 is 0. The normalized spacial score (nSPS) is 10.1. The molecule has 1 amide bonds.